The summed E-state index contributed by atoms with van der Waals surface area (Å²) in [6, 6.07) is 20.9. The maximum Gasteiger partial charge on any atom is 0.252 e. The number of imidazole rings is 1. The second-order valence-electron chi connectivity index (χ2n) is 11.5. The first-order valence-electron chi connectivity index (χ1n) is 14.6. The number of hydrogen-bond acceptors (Lipinski definition) is 4. The normalized spacial score (nSPS) is 19.8. The van der Waals surface area contributed by atoms with Crippen molar-refractivity contribution in [1.82, 2.24) is 24.8 Å². The summed E-state index contributed by atoms with van der Waals surface area (Å²) in [7, 11) is 0. The van der Waals surface area contributed by atoms with Crippen LogP contribution in [0, 0.1) is 5.92 Å². The Hall–Kier alpha value is -3.51. The minimum absolute atomic E-state index is 0.0249. The van der Waals surface area contributed by atoms with Crippen molar-refractivity contribution >= 4 is 16.8 Å². The number of pyridine rings is 1. The molecule has 0 saturated heterocycles. The molecule has 202 valence electrons. The van der Waals surface area contributed by atoms with Crippen LogP contribution in [0.3, 0.4) is 0 Å². The van der Waals surface area contributed by atoms with E-state index < -0.39 is 0 Å². The van der Waals surface area contributed by atoms with Crippen LogP contribution in [0.1, 0.15) is 73.7 Å². The fourth-order valence-corrected chi connectivity index (χ4v) is 6.52. The van der Waals surface area contributed by atoms with Gasteiger partial charge in [0.15, 0.2) is 0 Å². The van der Waals surface area contributed by atoms with Gasteiger partial charge in [-0.2, -0.15) is 0 Å². The van der Waals surface area contributed by atoms with Gasteiger partial charge >= 0.3 is 0 Å². The minimum atomic E-state index is 0.0249. The number of hydrogen-bond donors (Lipinski definition) is 1. The van der Waals surface area contributed by atoms with E-state index in [1.165, 1.54) is 36.2 Å². The Balaban J connectivity index is 1.02. The maximum absolute atomic E-state index is 13.0. The molecule has 0 bridgehead atoms. The van der Waals surface area contributed by atoms with Crippen molar-refractivity contribution in [2.24, 2.45) is 5.92 Å². The van der Waals surface area contributed by atoms with Crippen molar-refractivity contribution in [3.05, 3.63) is 83.8 Å². The molecule has 0 spiro atoms. The number of carbonyl (C=O) groups excluding carboxylic acids is 1. The molecule has 0 atom stereocenters. The molecular weight excluding hydrogens is 482 g/mol. The van der Waals surface area contributed by atoms with Gasteiger partial charge in [-0.25, -0.2) is 4.98 Å². The lowest BCUT2D eigenvalue weighted by molar-refractivity contribution is 0.0921. The Labute approximate surface area is 231 Å². The van der Waals surface area contributed by atoms with Crippen LogP contribution in [0.4, 0.5) is 0 Å². The smallest absolute Gasteiger partial charge is 0.252 e. The monoisotopic (exact) mass is 521 g/mol. The predicted octanol–water partition coefficient (Wildman–Crippen LogP) is 6.42. The number of fused-ring (bicyclic) bond motifs is 2. The molecule has 1 saturated carbocycles. The summed E-state index contributed by atoms with van der Waals surface area (Å²) in [6.07, 6.45) is 8.54. The number of benzene rings is 2. The number of nitrogens with one attached hydrogen (secondary N) is 1. The molecule has 0 radical (unpaired) electrons. The van der Waals surface area contributed by atoms with Crippen LogP contribution in [0.2, 0.25) is 0 Å². The van der Waals surface area contributed by atoms with Crippen LogP contribution in [-0.2, 0) is 13.0 Å². The van der Waals surface area contributed by atoms with Crippen LogP contribution in [-0.4, -0.2) is 44.5 Å². The summed E-state index contributed by atoms with van der Waals surface area (Å²) in [5.74, 6) is 1.86. The third-order valence-corrected chi connectivity index (χ3v) is 8.61. The molecule has 6 heteroatoms. The van der Waals surface area contributed by atoms with E-state index in [9.17, 15) is 4.79 Å². The highest BCUT2D eigenvalue weighted by atomic mass is 16.1. The largest absolute Gasteiger partial charge is 0.349 e. The van der Waals surface area contributed by atoms with Gasteiger partial charge < -0.3 is 9.88 Å². The molecule has 6 rings (SSSR count). The highest BCUT2D eigenvalue weighted by Gasteiger charge is 2.27. The molecule has 0 unspecified atom stereocenters. The standard InChI is InChI=1S/C33H39N5O/c1-23(2)38-31-18-21-37(22-30(31)36-32(38)25-8-4-3-5-9-25)20-17-24-13-15-26(16-14-24)35-33(39)28-10-6-12-29-27(28)11-7-19-34-29/h3-12,19,23-24,26H,13-18,20-22H2,1-2H3,(H,35,39)/t24-,26-. The second kappa shape index (κ2) is 11.3. The van der Waals surface area contributed by atoms with E-state index in [1.807, 2.05) is 30.3 Å². The van der Waals surface area contributed by atoms with Gasteiger partial charge in [-0.3, -0.25) is 14.7 Å². The molecule has 39 heavy (non-hydrogen) atoms. The van der Waals surface area contributed by atoms with Crippen molar-refractivity contribution < 1.29 is 4.79 Å². The average Bonchev–Trinajstić information content (AvgIpc) is 3.36. The third kappa shape index (κ3) is 5.48. The predicted molar refractivity (Wildman–Crippen MR) is 157 cm³/mol. The van der Waals surface area contributed by atoms with Crippen LogP contribution < -0.4 is 5.32 Å². The molecule has 2 aliphatic rings. The third-order valence-electron chi connectivity index (χ3n) is 8.61. The lowest BCUT2D eigenvalue weighted by atomic mass is 9.84. The van der Waals surface area contributed by atoms with Crippen molar-refractivity contribution in [3.8, 4) is 11.4 Å². The molecule has 1 fully saturated rings. The first-order chi connectivity index (χ1) is 19.1. The van der Waals surface area contributed by atoms with Crippen molar-refractivity contribution in [2.45, 2.75) is 71.0 Å². The summed E-state index contributed by atoms with van der Waals surface area (Å²) in [6.45, 7) is 7.70. The molecule has 1 aliphatic carbocycles. The molecule has 4 aromatic rings. The van der Waals surface area contributed by atoms with Gasteiger partial charge in [-0.05, 0) is 76.6 Å². The van der Waals surface area contributed by atoms with E-state index in [4.69, 9.17) is 4.98 Å². The summed E-state index contributed by atoms with van der Waals surface area (Å²) in [5, 5.41) is 4.23. The quantitative estimate of drug-likeness (QED) is 0.305. The number of carbonyl (C=O) groups is 1. The van der Waals surface area contributed by atoms with E-state index in [1.54, 1.807) is 6.20 Å². The van der Waals surface area contributed by atoms with Gasteiger partial charge in [0.2, 0.25) is 0 Å². The molecule has 6 nitrogen and oxygen atoms in total. The Kier molecular flexibility index (Phi) is 7.47. The van der Waals surface area contributed by atoms with Gasteiger partial charge in [0, 0.05) is 60.0 Å². The van der Waals surface area contributed by atoms with Gasteiger partial charge in [-0.1, -0.05) is 42.5 Å². The zero-order valence-corrected chi connectivity index (χ0v) is 23.1. The Morgan fingerprint density at radius 3 is 2.62 bits per heavy atom. The summed E-state index contributed by atoms with van der Waals surface area (Å²) in [4.78, 5) is 25.2. The lowest BCUT2D eigenvalue weighted by Gasteiger charge is -2.32. The van der Waals surface area contributed by atoms with Crippen LogP contribution >= 0.6 is 0 Å². The molecule has 1 amide bonds. The molecule has 1 N–H and O–H groups in total. The number of rotatable bonds is 7. The topological polar surface area (TPSA) is 63.1 Å². The summed E-state index contributed by atoms with van der Waals surface area (Å²) in [5.41, 5.74) is 5.46. The average molecular weight is 522 g/mol. The van der Waals surface area contributed by atoms with Gasteiger partial charge in [0.25, 0.3) is 5.91 Å². The van der Waals surface area contributed by atoms with Crippen LogP contribution in [0.15, 0.2) is 66.9 Å². The molecule has 2 aromatic heterocycles. The lowest BCUT2D eigenvalue weighted by Crippen LogP contribution is -2.38. The van der Waals surface area contributed by atoms with Gasteiger partial charge in [0.1, 0.15) is 5.82 Å². The fourth-order valence-electron chi connectivity index (χ4n) is 6.52. The Morgan fingerprint density at radius 2 is 1.82 bits per heavy atom. The summed E-state index contributed by atoms with van der Waals surface area (Å²) >= 11 is 0. The molecule has 3 heterocycles. The van der Waals surface area contributed by atoms with Crippen molar-refractivity contribution in [1.29, 1.82) is 0 Å². The van der Waals surface area contributed by atoms with E-state index in [2.05, 4.69) is 63.9 Å². The highest BCUT2D eigenvalue weighted by molar-refractivity contribution is 6.06. The SMILES string of the molecule is CC(C)n1c(-c2ccccc2)nc2c1CCN(CC[C@H]1CC[C@H](NC(=O)c3cccc4ncccc34)CC1)C2. The first-order valence-corrected chi connectivity index (χ1v) is 14.6. The van der Waals surface area contributed by atoms with Gasteiger partial charge in [-0.15, -0.1) is 0 Å². The van der Waals surface area contributed by atoms with Crippen LogP contribution in [0.5, 0.6) is 0 Å². The first kappa shape index (κ1) is 25.8. The minimum Gasteiger partial charge on any atom is -0.349 e. The van der Waals surface area contributed by atoms with Crippen molar-refractivity contribution in [2.75, 3.05) is 13.1 Å². The fraction of sp³-hybridized carbons (Fsp3) is 0.424. The maximum atomic E-state index is 13.0. The van der Waals surface area contributed by atoms with E-state index in [0.29, 0.717) is 6.04 Å². The van der Waals surface area contributed by atoms with E-state index >= 15 is 0 Å². The van der Waals surface area contributed by atoms with Crippen LogP contribution in [0.25, 0.3) is 22.3 Å². The number of aromatic nitrogens is 3. The molecule has 1 aliphatic heterocycles. The highest BCUT2D eigenvalue weighted by Crippen LogP contribution is 2.32. The zero-order chi connectivity index (χ0) is 26.8. The molecular formula is C33H39N5O. The van der Waals surface area contributed by atoms with Crippen molar-refractivity contribution in [3.63, 3.8) is 0 Å². The number of amides is 1. The zero-order valence-electron chi connectivity index (χ0n) is 23.1. The Bertz CT molecular complexity index is 1430. The number of nitrogens with zero attached hydrogens (tertiary/aromatic N) is 4. The second-order valence-corrected chi connectivity index (χ2v) is 11.5. The Morgan fingerprint density at radius 1 is 1.00 bits per heavy atom. The van der Waals surface area contributed by atoms with E-state index in [-0.39, 0.29) is 11.9 Å². The van der Waals surface area contributed by atoms with Gasteiger partial charge in [0.05, 0.1) is 11.2 Å². The summed E-state index contributed by atoms with van der Waals surface area (Å²) < 4.78 is 2.45. The molecule has 2 aromatic carbocycles. The van der Waals surface area contributed by atoms with E-state index in [0.717, 1.165) is 67.1 Å².